The molecule has 0 aliphatic rings. The standard InChI is InChI=1S/C16H15ClO5/c1-2-3-4-14(18)21-9-10-5-6-13-11(7-10)8-12(15(17)19)16(20)22-13/h5-8H,2-4,9H2,1H3. The lowest BCUT2D eigenvalue weighted by Gasteiger charge is -2.06. The van der Waals surface area contributed by atoms with E-state index >= 15 is 0 Å². The first-order valence-corrected chi connectivity index (χ1v) is 7.31. The van der Waals surface area contributed by atoms with Crippen LogP contribution in [0.1, 0.15) is 42.1 Å². The Balaban J connectivity index is 2.19. The molecule has 0 saturated carbocycles. The molecule has 0 fully saturated rings. The molecule has 22 heavy (non-hydrogen) atoms. The number of hydrogen-bond donors (Lipinski definition) is 0. The number of fused-ring (bicyclic) bond motifs is 1. The van der Waals surface area contributed by atoms with E-state index in [9.17, 15) is 14.4 Å². The second-order valence-electron chi connectivity index (χ2n) is 4.86. The minimum Gasteiger partial charge on any atom is -0.461 e. The number of carbonyl (C=O) groups is 2. The van der Waals surface area contributed by atoms with E-state index < -0.39 is 10.9 Å². The van der Waals surface area contributed by atoms with E-state index in [1.807, 2.05) is 6.92 Å². The van der Waals surface area contributed by atoms with Gasteiger partial charge < -0.3 is 9.15 Å². The van der Waals surface area contributed by atoms with Gasteiger partial charge in [0.15, 0.2) is 0 Å². The molecule has 1 heterocycles. The number of unbranched alkanes of at least 4 members (excludes halogenated alkanes) is 1. The second-order valence-corrected chi connectivity index (χ2v) is 5.20. The lowest BCUT2D eigenvalue weighted by Crippen LogP contribution is -2.09. The molecule has 0 saturated heterocycles. The maximum Gasteiger partial charge on any atom is 0.348 e. The number of benzene rings is 1. The fourth-order valence-electron chi connectivity index (χ4n) is 1.96. The largest absolute Gasteiger partial charge is 0.461 e. The van der Waals surface area contributed by atoms with Crippen molar-refractivity contribution in [3.63, 3.8) is 0 Å². The normalized spacial score (nSPS) is 10.6. The van der Waals surface area contributed by atoms with Gasteiger partial charge in [0.2, 0.25) is 0 Å². The number of rotatable bonds is 6. The Morgan fingerprint density at radius 1 is 1.27 bits per heavy atom. The molecule has 2 rings (SSSR count). The van der Waals surface area contributed by atoms with E-state index in [1.165, 1.54) is 6.07 Å². The zero-order valence-corrected chi connectivity index (χ0v) is 12.8. The summed E-state index contributed by atoms with van der Waals surface area (Å²) in [5.41, 5.74) is 0.0874. The molecule has 6 heteroatoms. The third kappa shape index (κ3) is 3.95. The van der Waals surface area contributed by atoms with Gasteiger partial charge in [-0.1, -0.05) is 19.4 Å². The van der Waals surface area contributed by atoms with Crippen molar-refractivity contribution in [2.45, 2.75) is 32.8 Å². The molecular weight excluding hydrogens is 308 g/mol. The minimum absolute atomic E-state index is 0.127. The van der Waals surface area contributed by atoms with E-state index in [0.29, 0.717) is 17.4 Å². The summed E-state index contributed by atoms with van der Waals surface area (Å²) in [7, 11) is 0. The summed E-state index contributed by atoms with van der Waals surface area (Å²) in [6.45, 7) is 2.13. The summed E-state index contributed by atoms with van der Waals surface area (Å²) in [6.07, 6.45) is 2.12. The fraction of sp³-hybridized carbons (Fsp3) is 0.312. The monoisotopic (exact) mass is 322 g/mol. The lowest BCUT2D eigenvalue weighted by atomic mass is 10.1. The van der Waals surface area contributed by atoms with Crippen molar-refractivity contribution >= 4 is 33.8 Å². The van der Waals surface area contributed by atoms with Crippen LogP contribution in [0.15, 0.2) is 33.5 Å². The fourth-order valence-corrected chi connectivity index (χ4v) is 2.09. The van der Waals surface area contributed by atoms with Crippen LogP contribution in [0.4, 0.5) is 0 Å². The average Bonchev–Trinajstić information content (AvgIpc) is 2.50. The smallest absolute Gasteiger partial charge is 0.348 e. The number of hydrogen-bond acceptors (Lipinski definition) is 5. The highest BCUT2D eigenvalue weighted by molar-refractivity contribution is 6.67. The van der Waals surface area contributed by atoms with Gasteiger partial charge in [-0.3, -0.25) is 9.59 Å². The number of halogens is 1. The van der Waals surface area contributed by atoms with Gasteiger partial charge in [-0.2, -0.15) is 0 Å². The Morgan fingerprint density at radius 2 is 2.05 bits per heavy atom. The molecule has 0 aliphatic heterocycles. The second kappa shape index (κ2) is 7.22. The zero-order chi connectivity index (χ0) is 16.1. The Labute approximate surface area is 131 Å². The molecule has 0 amide bonds. The third-order valence-corrected chi connectivity index (χ3v) is 3.35. The molecule has 0 unspecified atom stereocenters. The maximum absolute atomic E-state index is 11.5. The molecule has 0 aliphatic carbocycles. The highest BCUT2D eigenvalue weighted by Gasteiger charge is 2.12. The lowest BCUT2D eigenvalue weighted by molar-refractivity contribution is -0.145. The van der Waals surface area contributed by atoms with Crippen LogP contribution in [0.3, 0.4) is 0 Å². The molecule has 0 N–H and O–H groups in total. The Hall–Kier alpha value is -2.14. The van der Waals surface area contributed by atoms with E-state index in [2.05, 4.69) is 0 Å². The van der Waals surface area contributed by atoms with Gasteiger partial charge >= 0.3 is 11.6 Å². The van der Waals surface area contributed by atoms with Crippen LogP contribution in [0.2, 0.25) is 0 Å². The summed E-state index contributed by atoms with van der Waals surface area (Å²) >= 11 is 5.33. The van der Waals surface area contributed by atoms with Gasteiger partial charge in [-0.15, -0.1) is 0 Å². The first kappa shape index (κ1) is 16.2. The molecule has 2 aromatic rings. The van der Waals surface area contributed by atoms with Gasteiger partial charge in [0, 0.05) is 11.8 Å². The summed E-state index contributed by atoms with van der Waals surface area (Å²) in [5.74, 6) is -0.252. The average molecular weight is 323 g/mol. The van der Waals surface area contributed by atoms with Crippen LogP contribution >= 0.6 is 11.6 Å². The van der Waals surface area contributed by atoms with Crippen molar-refractivity contribution in [3.8, 4) is 0 Å². The first-order chi connectivity index (χ1) is 10.5. The van der Waals surface area contributed by atoms with Crippen LogP contribution in [0, 0.1) is 0 Å². The van der Waals surface area contributed by atoms with E-state index in [-0.39, 0.29) is 18.1 Å². The SMILES string of the molecule is CCCCC(=O)OCc1ccc2oc(=O)c(C(=O)Cl)cc2c1. The van der Waals surface area contributed by atoms with Crippen LogP contribution in [0.25, 0.3) is 11.0 Å². The molecule has 0 spiro atoms. The predicted octanol–water partition coefficient (Wildman–Crippen LogP) is 3.41. The van der Waals surface area contributed by atoms with E-state index in [1.54, 1.807) is 18.2 Å². The van der Waals surface area contributed by atoms with E-state index in [0.717, 1.165) is 18.4 Å². The molecule has 5 nitrogen and oxygen atoms in total. The molecule has 116 valence electrons. The Kier molecular flexibility index (Phi) is 5.33. The van der Waals surface area contributed by atoms with Crippen molar-refractivity contribution < 1.29 is 18.7 Å². The first-order valence-electron chi connectivity index (χ1n) is 6.93. The van der Waals surface area contributed by atoms with Crippen molar-refractivity contribution in [2.75, 3.05) is 0 Å². The van der Waals surface area contributed by atoms with Gasteiger partial charge in [0.05, 0.1) is 0 Å². The van der Waals surface area contributed by atoms with Gasteiger partial charge in [-0.25, -0.2) is 4.79 Å². The summed E-state index contributed by atoms with van der Waals surface area (Å²) < 4.78 is 10.2. The summed E-state index contributed by atoms with van der Waals surface area (Å²) in [5, 5.41) is -0.322. The number of esters is 1. The molecule has 0 bridgehead atoms. The third-order valence-electron chi connectivity index (χ3n) is 3.14. The molecule has 0 atom stereocenters. The van der Waals surface area contributed by atoms with Crippen molar-refractivity contribution in [1.82, 2.24) is 0 Å². The molecule has 0 radical (unpaired) electrons. The molecule has 1 aromatic carbocycles. The number of ether oxygens (including phenoxy) is 1. The quantitative estimate of drug-likeness (QED) is 0.463. The summed E-state index contributed by atoms with van der Waals surface area (Å²) in [4.78, 5) is 34.2. The van der Waals surface area contributed by atoms with Crippen molar-refractivity contribution in [1.29, 1.82) is 0 Å². The zero-order valence-electron chi connectivity index (χ0n) is 12.1. The maximum atomic E-state index is 11.5. The predicted molar refractivity (Wildman–Crippen MR) is 82.0 cm³/mol. The van der Waals surface area contributed by atoms with Crippen LogP contribution < -0.4 is 5.63 Å². The van der Waals surface area contributed by atoms with Gasteiger partial charge in [-0.05, 0) is 41.8 Å². The van der Waals surface area contributed by atoms with Gasteiger partial charge in [0.25, 0.3) is 5.24 Å². The summed E-state index contributed by atoms with van der Waals surface area (Å²) in [6, 6.07) is 6.35. The van der Waals surface area contributed by atoms with Crippen LogP contribution in [-0.4, -0.2) is 11.2 Å². The van der Waals surface area contributed by atoms with Crippen LogP contribution in [-0.2, 0) is 16.1 Å². The van der Waals surface area contributed by atoms with Crippen molar-refractivity contribution in [3.05, 3.63) is 45.8 Å². The Morgan fingerprint density at radius 3 is 2.73 bits per heavy atom. The van der Waals surface area contributed by atoms with Gasteiger partial charge in [0.1, 0.15) is 17.8 Å². The van der Waals surface area contributed by atoms with Crippen LogP contribution in [0.5, 0.6) is 0 Å². The van der Waals surface area contributed by atoms with Crippen molar-refractivity contribution in [2.24, 2.45) is 0 Å². The Bertz CT molecular complexity index is 763. The molecule has 1 aromatic heterocycles. The molecular formula is C16H15ClO5. The highest BCUT2D eigenvalue weighted by atomic mass is 35.5. The highest BCUT2D eigenvalue weighted by Crippen LogP contribution is 2.17. The van der Waals surface area contributed by atoms with E-state index in [4.69, 9.17) is 20.8 Å². The topological polar surface area (TPSA) is 73.6 Å². The number of carbonyl (C=O) groups excluding carboxylic acids is 2. The minimum atomic E-state index is -0.868.